The Morgan fingerprint density at radius 2 is 1.73 bits per heavy atom. The van der Waals surface area contributed by atoms with Gasteiger partial charge in [0.2, 0.25) is 0 Å². The molecule has 1 N–H and O–H groups in total. The first kappa shape index (κ1) is 14.8. The van der Waals surface area contributed by atoms with Crippen LogP contribution in [0.15, 0.2) is 24.3 Å². The number of benzene rings is 1. The van der Waals surface area contributed by atoms with E-state index < -0.39 is 0 Å². The largest absolute Gasteiger partial charge is 0.378 e. The molecule has 2 heterocycles. The molecule has 0 aromatic heterocycles. The van der Waals surface area contributed by atoms with Gasteiger partial charge in [-0.3, -0.25) is 4.79 Å². The second-order valence-corrected chi connectivity index (χ2v) is 5.61. The van der Waals surface area contributed by atoms with Crippen molar-refractivity contribution < 1.29 is 14.3 Å². The summed E-state index contributed by atoms with van der Waals surface area (Å²) in [5.74, 6) is 0.0416. The van der Waals surface area contributed by atoms with Gasteiger partial charge in [0.1, 0.15) is 0 Å². The molecule has 1 aromatic rings. The maximum Gasteiger partial charge on any atom is 0.321 e. The smallest absolute Gasteiger partial charge is 0.321 e. The van der Waals surface area contributed by atoms with E-state index in [1.54, 1.807) is 29.2 Å². The van der Waals surface area contributed by atoms with Crippen molar-refractivity contribution in [1.29, 1.82) is 0 Å². The first-order valence-electron chi connectivity index (χ1n) is 7.77. The predicted octanol–water partition coefficient (Wildman–Crippen LogP) is 1.79. The van der Waals surface area contributed by atoms with Gasteiger partial charge in [-0.25, -0.2) is 4.79 Å². The van der Waals surface area contributed by atoms with E-state index in [-0.39, 0.29) is 11.9 Å². The molecule has 6 heteroatoms. The average Bonchev–Trinajstić information content (AvgIpc) is 3.09. The summed E-state index contributed by atoms with van der Waals surface area (Å²) in [6.45, 7) is 3.98. The predicted molar refractivity (Wildman–Crippen MR) is 83.0 cm³/mol. The second-order valence-electron chi connectivity index (χ2n) is 5.61. The zero-order valence-corrected chi connectivity index (χ0v) is 12.6. The van der Waals surface area contributed by atoms with Gasteiger partial charge >= 0.3 is 6.03 Å². The standard InChI is InChI=1S/C16H21N3O3/c20-15(18-6-1-2-7-18)13-4-3-5-14(12-13)17-16(21)19-8-10-22-11-9-19/h3-5,12H,1-2,6-11H2,(H,17,21). The number of nitrogens with zero attached hydrogens (tertiary/aromatic N) is 2. The number of hydrogen-bond donors (Lipinski definition) is 1. The summed E-state index contributed by atoms with van der Waals surface area (Å²) in [6, 6.07) is 7.01. The highest BCUT2D eigenvalue weighted by atomic mass is 16.5. The van der Waals surface area contributed by atoms with Crippen LogP contribution >= 0.6 is 0 Å². The van der Waals surface area contributed by atoms with E-state index in [4.69, 9.17) is 4.74 Å². The number of anilines is 1. The molecule has 22 heavy (non-hydrogen) atoms. The zero-order valence-electron chi connectivity index (χ0n) is 12.6. The van der Waals surface area contributed by atoms with Crippen LogP contribution in [0.1, 0.15) is 23.2 Å². The molecule has 3 amide bonds. The maximum absolute atomic E-state index is 12.4. The van der Waals surface area contributed by atoms with Gasteiger partial charge in [0.25, 0.3) is 5.91 Å². The third kappa shape index (κ3) is 3.39. The molecule has 0 aliphatic carbocycles. The van der Waals surface area contributed by atoms with E-state index in [9.17, 15) is 9.59 Å². The number of ether oxygens (including phenoxy) is 1. The van der Waals surface area contributed by atoms with Gasteiger partial charge in [0.15, 0.2) is 0 Å². The summed E-state index contributed by atoms with van der Waals surface area (Å²) >= 11 is 0. The van der Waals surface area contributed by atoms with Gasteiger partial charge in [-0.05, 0) is 31.0 Å². The lowest BCUT2D eigenvalue weighted by atomic mass is 10.2. The SMILES string of the molecule is O=C(Nc1cccc(C(=O)N2CCCC2)c1)N1CCOCC1. The van der Waals surface area contributed by atoms with Crippen molar-refractivity contribution in [2.45, 2.75) is 12.8 Å². The van der Waals surface area contributed by atoms with Crippen LogP contribution in [0.25, 0.3) is 0 Å². The minimum absolute atomic E-state index is 0.0416. The topological polar surface area (TPSA) is 61.9 Å². The van der Waals surface area contributed by atoms with Gasteiger partial charge in [-0.15, -0.1) is 0 Å². The number of carbonyl (C=O) groups excluding carboxylic acids is 2. The first-order valence-corrected chi connectivity index (χ1v) is 7.77. The Balaban J connectivity index is 1.65. The Kier molecular flexibility index (Phi) is 4.58. The summed E-state index contributed by atoms with van der Waals surface area (Å²) in [7, 11) is 0. The number of hydrogen-bond acceptors (Lipinski definition) is 3. The minimum Gasteiger partial charge on any atom is -0.378 e. The van der Waals surface area contributed by atoms with Crippen LogP contribution in [0, 0.1) is 0 Å². The van der Waals surface area contributed by atoms with Gasteiger partial charge < -0.3 is 19.9 Å². The molecule has 0 saturated carbocycles. The summed E-state index contributed by atoms with van der Waals surface area (Å²) in [4.78, 5) is 28.1. The van der Waals surface area contributed by atoms with Crippen molar-refractivity contribution in [3.63, 3.8) is 0 Å². The minimum atomic E-state index is -0.144. The number of morpholine rings is 1. The third-order valence-corrected chi connectivity index (χ3v) is 4.05. The highest BCUT2D eigenvalue weighted by molar-refractivity contribution is 5.97. The molecule has 0 unspecified atom stereocenters. The van der Waals surface area contributed by atoms with Gasteiger partial charge in [-0.1, -0.05) is 6.07 Å². The van der Waals surface area contributed by atoms with Gasteiger partial charge in [-0.2, -0.15) is 0 Å². The number of likely N-dealkylation sites (tertiary alicyclic amines) is 1. The van der Waals surface area contributed by atoms with Crippen molar-refractivity contribution in [1.82, 2.24) is 9.80 Å². The molecule has 0 atom stereocenters. The van der Waals surface area contributed by atoms with E-state index in [1.807, 2.05) is 4.90 Å². The number of nitrogens with one attached hydrogen (secondary N) is 1. The van der Waals surface area contributed by atoms with Crippen LogP contribution < -0.4 is 5.32 Å². The van der Waals surface area contributed by atoms with Crippen molar-refractivity contribution in [2.75, 3.05) is 44.7 Å². The fourth-order valence-electron chi connectivity index (χ4n) is 2.80. The van der Waals surface area contributed by atoms with Gasteiger partial charge in [0, 0.05) is 37.4 Å². The van der Waals surface area contributed by atoms with Crippen LogP contribution in [0.2, 0.25) is 0 Å². The normalized spacial score (nSPS) is 18.4. The van der Waals surface area contributed by atoms with Crippen LogP contribution in [0.3, 0.4) is 0 Å². The van der Waals surface area contributed by atoms with E-state index in [1.165, 1.54) is 0 Å². The number of carbonyl (C=O) groups is 2. The molecule has 6 nitrogen and oxygen atoms in total. The number of amides is 3. The molecular weight excluding hydrogens is 282 g/mol. The molecule has 3 rings (SSSR count). The van der Waals surface area contributed by atoms with Crippen molar-refractivity contribution >= 4 is 17.6 Å². The van der Waals surface area contributed by atoms with Crippen LogP contribution in [-0.4, -0.2) is 61.1 Å². The average molecular weight is 303 g/mol. The molecule has 2 aliphatic heterocycles. The monoisotopic (exact) mass is 303 g/mol. The Morgan fingerprint density at radius 3 is 2.45 bits per heavy atom. The molecule has 2 aliphatic rings. The number of urea groups is 1. The summed E-state index contributed by atoms with van der Waals surface area (Å²) in [5.41, 5.74) is 1.28. The second kappa shape index (κ2) is 6.79. The van der Waals surface area contributed by atoms with Crippen LogP contribution in [0.4, 0.5) is 10.5 Å². The zero-order chi connectivity index (χ0) is 15.4. The third-order valence-electron chi connectivity index (χ3n) is 4.05. The molecule has 2 fully saturated rings. The van der Waals surface area contributed by atoms with Crippen LogP contribution in [0.5, 0.6) is 0 Å². The molecular formula is C16H21N3O3. The summed E-state index contributed by atoms with van der Waals surface area (Å²) < 4.78 is 5.24. The fourth-order valence-corrected chi connectivity index (χ4v) is 2.80. The molecule has 118 valence electrons. The summed E-state index contributed by atoms with van der Waals surface area (Å²) in [5, 5.41) is 2.86. The van der Waals surface area contributed by atoms with Crippen molar-refractivity contribution in [3.8, 4) is 0 Å². The van der Waals surface area contributed by atoms with E-state index in [2.05, 4.69) is 5.32 Å². The van der Waals surface area contributed by atoms with E-state index in [0.29, 0.717) is 37.6 Å². The lowest BCUT2D eigenvalue weighted by Crippen LogP contribution is -2.43. The Labute approximate surface area is 130 Å². The first-order chi connectivity index (χ1) is 10.7. The lowest BCUT2D eigenvalue weighted by molar-refractivity contribution is 0.0564. The van der Waals surface area contributed by atoms with Crippen LogP contribution in [-0.2, 0) is 4.74 Å². The molecule has 2 saturated heterocycles. The number of rotatable bonds is 2. The van der Waals surface area contributed by atoms with E-state index >= 15 is 0 Å². The highest BCUT2D eigenvalue weighted by Gasteiger charge is 2.20. The molecule has 1 aromatic carbocycles. The Hall–Kier alpha value is -2.08. The lowest BCUT2D eigenvalue weighted by Gasteiger charge is -2.27. The fraction of sp³-hybridized carbons (Fsp3) is 0.500. The van der Waals surface area contributed by atoms with Crippen molar-refractivity contribution in [2.24, 2.45) is 0 Å². The molecule has 0 spiro atoms. The molecule has 0 radical (unpaired) electrons. The quantitative estimate of drug-likeness (QED) is 0.906. The highest BCUT2D eigenvalue weighted by Crippen LogP contribution is 2.17. The van der Waals surface area contributed by atoms with E-state index in [0.717, 1.165) is 25.9 Å². The maximum atomic E-state index is 12.4. The summed E-state index contributed by atoms with van der Waals surface area (Å²) in [6.07, 6.45) is 2.14. The molecule has 0 bridgehead atoms. The Morgan fingerprint density at radius 1 is 1.00 bits per heavy atom. The van der Waals surface area contributed by atoms with Gasteiger partial charge in [0.05, 0.1) is 13.2 Å². The van der Waals surface area contributed by atoms with Crippen molar-refractivity contribution in [3.05, 3.63) is 29.8 Å². The Bertz CT molecular complexity index is 549.